The van der Waals surface area contributed by atoms with Crippen LogP contribution in [-0.2, 0) is 0 Å². The largest absolute Gasteiger partial charge is 0.274 e. The molecule has 0 unspecified atom stereocenters. The fraction of sp³-hybridized carbons (Fsp3) is 0.222. The molecule has 1 fully saturated rings. The summed E-state index contributed by atoms with van der Waals surface area (Å²) in [5.74, 6) is 0.924. The van der Waals surface area contributed by atoms with Crippen LogP contribution in [0.25, 0.3) is 0 Å². The second-order valence-electron chi connectivity index (χ2n) is 2.58. The van der Waals surface area contributed by atoms with Crippen molar-refractivity contribution >= 4 is 28.0 Å². The minimum absolute atomic E-state index is 0.254. The Balaban J connectivity index is 2.16. The third-order valence-corrected chi connectivity index (χ3v) is 4.27. The van der Waals surface area contributed by atoms with E-state index in [0.29, 0.717) is 5.25 Å². The quantitative estimate of drug-likeness (QED) is 0.686. The Kier molecular flexibility index (Phi) is 2.42. The smallest absolute Gasteiger partial charge is 0.246 e. The van der Waals surface area contributed by atoms with Crippen LogP contribution < -0.4 is 0 Å². The van der Waals surface area contributed by atoms with Gasteiger partial charge in [0.05, 0.1) is 0 Å². The van der Waals surface area contributed by atoms with Gasteiger partial charge in [0.2, 0.25) is 4.45 Å². The summed E-state index contributed by atoms with van der Waals surface area (Å²) in [5, 5.41) is 0.378. The SMILES string of the molecule is O=C1SC[C@@H](c2ccccc2)S1. The van der Waals surface area contributed by atoms with Gasteiger partial charge in [-0.05, 0) is 5.56 Å². The van der Waals surface area contributed by atoms with Gasteiger partial charge >= 0.3 is 0 Å². The molecule has 0 saturated carbocycles. The standard InChI is InChI=1S/C9H8OS2/c10-9-11-6-8(12-9)7-4-2-1-3-5-7/h1-5,8H,6H2/t8-/m0/s1. The summed E-state index contributed by atoms with van der Waals surface area (Å²) in [6.07, 6.45) is 0. The molecule has 1 aliphatic rings. The number of rotatable bonds is 1. The lowest BCUT2D eigenvalue weighted by Crippen LogP contribution is -1.90. The number of benzene rings is 1. The van der Waals surface area contributed by atoms with Gasteiger partial charge in [0.25, 0.3) is 0 Å². The highest BCUT2D eigenvalue weighted by molar-refractivity contribution is 8.41. The molecule has 1 aliphatic heterocycles. The van der Waals surface area contributed by atoms with Crippen molar-refractivity contribution in [3.8, 4) is 0 Å². The zero-order valence-electron chi connectivity index (χ0n) is 6.40. The van der Waals surface area contributed by atoms with Gasteiger partial charge < -0.3 is 0 Å². The van der Waals surface area contributed by atoms with Crippen molar-refractivity contribution in [2.24, 2.45) is 0 Å². The Morgan fingerprint density at radius 2 is 2.00 bits per heavy atom. The van der Waals surface area contributed by atoms with E-state index in [0.717, 1.165) is 5.75 Å². The summed E-state index contributed by atoms with van der Waals surface area (Å²) in [7, 11) is 0. The summed E-state index contributed by atoms with van der Waals surface area (Å²) in [5.41, 5.74) is 1.26. The highest BCUT2D eigenvalue weighted by atomic mass is 32.2. The lowest BCUT2D eigenvalue weighted by atomic mass is 10.2. The van der Waals surface area contributed by atoms with Gasteiger partial charge in [0.1, 0.15) is 0 Å². The molecule has 1 aromatic carbocycles. The summed E-state index contributed by atoms with van der Waals surface area (Å²) in [6.45, 7) is 0. The van der Waals surface area contributed by atoms with Crippen molar-refractivity contribution in [2.45, 2.75) is 5.25 Å². The second kappa shape index (κ2) is 3.54. The molecule has 1 saturated heterocycles. The normalized spacial score (nSPS) is 23.0. The average molecular weight is 196 g/mol. The van der Waals surface area contributed by atoms with Crippen LogP contribution in [0.2, 0.25) is 0 Å². The first kappa shape index (κ1) is 8.20. The zero-order valence-corrected chi connectivity index (χ0v) is 8.03. The fourth-order valence-corrected chi connectivity index (χ4v) is 3.47. The van der Waals surface area contributed by atoms with Crippen LogP contribution in [0.1, 0.15) is 10.8 Å². The maximum atomic E-state index is 11.0. The van der Waals surface area contributed by atoms with Crippen molar-refractivity contribution in [3.05, 3.63) is 35.9 Å². The molecular formula is C9H8OS2. The summed E-state index contributed by atoms with van der Waals surface area (Å²) in [6, 6.07) is 10.2. The molecule has 62 valence electrons. The monoisotopic (exact) mass is 196 g/mol. The highest BCUT2D eigenvalue weighted by Gasteiger charge is 2.24. The predicted octanol–water partition coefficient (Wildman–Crippen LogP) is 3.33. The van der Waals surface area contributed by atoms with Gasteiger partial charge in [-0.25, -0.2) is 0 Å². The molecule has 1 heterocycles. The number of hydrogen-bond donors (Lipinski definition) is 0. The van der Waals surface area contributed by atoms with Crippen LogP contribution in [-0.4, -0.2) is 10.2 Å². The van der Waals surface area contributed by atoms with Crippen LogP contribution in [0.15, 0.2) is 30.3 Å². The van der Waals surface area contributed by atoms with Crippen molar-refractivity contribution in [2.75, 3.05) is 5.75 Å². The van der Waals surface area contributed by atoms with Gasteiger partial charge in [0.15, 0.2) is 0 Å². The molecule has 0 aliphatic carbocycles. The van der Waals surface area contributed by atoms with E-state index in [1.165, 1.54) is 29.1 Å². The Bertz CT molecular complexity index is 284. The lowest BCUT2D eigenvalue weighted by Gasteiger charge is -2.04. The molecule has 1 atom stereocenters. The molecule has 12 heavy (non-hydrogen) atoms. The maximum Gasteiger partial charge on any atom is 0.246 e. The lowest BCUT2D eigenvalue weighted by molar-refractivity contribution is 0.277. The second-order valence-corrected chi connectivity index (χ2v) is 5.00. The topological polar surface area (TPSA) is 17.1 Å². The number of carbonyl (C=O) groups excluding carboxylic acids is 1. The van der Waals surface area contributed by atoms with E-state index in [-0.39, 0.29) is 4.45 Å². The first-order valence-electron chi connectivity index (χ1n) is 3.74. The van der Waals surface area contributed by atoms with E-state index in [2.05, 4.69) is 12.1 Å². The minimum Gasteiger partial charge on any atom is -0.274 e. The fourth-order valence-electron chi connectivity index (χ4n) is 1.16. The van der Waals surface area contributed by atoms with E-state index in [4.69, 9.17) is 0 Å². The molecule has 3 heteroatoms. The van der Waals surface area contributed by atoms with E-state index in [9.17, 15) is 4.79 Å². The number of hydrogen-bond acceptors (Lipinski definition) is 3. The highest BCUT2D eigenvalue weighted by Crippen LogP contribution is 2.42. The van der Waals surface area contributed by atoms with Crippen molar-refractivity contribution in [3.63, 3.8) is 0 Å². The molecule has 0 aromatic heterocycles. The molecule has 0 spiro atoms. The Morgan fingerprint density at radius 3 is 2.58 bits per heavy atom. The van der Waals surface area contributed by atoms with Crippen molar-refractivity contribution in [1.82, 2.24) is 0 Å². The van der Waals surface area contributed by atoms with Gasteiger partial charge in [-0.1, -0.05) is 53.9 Å². The van der Waals surface area contributed by atoms with Gasteiger partial charge in [0, 0.05) is 11.0 Å². The number of thioether (sulfide) groups is 2. The first-order chi connectivity index (χ1) is 5.86. The van der Waals surface area contributed by atoms with Gasteiger partial charge in [-0.3, -0.25) is 4.79 Å². The summed E-state index contributed by atoms with van der Waals surface area (Å²) in [4.78, 5) is 11.0. The molecule has 2 rings (SSSR count). The van der Waals surface area contributed by atoms with Crippen LogP contribution in [0.5, 0.6) is 0 Å². The third kappa shape index (κ3) is 1.67. The molecule has 0 radical (unpaired) electrons. The third-order valence-electron chi connectivity index (χ3n) is 1.76. The van der Waals surface area contributed by atoms with E-state index in [1.807, 2.05) is 18.2 Å². The van der Waals surface area contributed by atoms with E-state index in [1.54, 1.807) is 0 Å². The van der Waals surface area contributed by atoms with Crippen LogP contribution >= 0.6 is 23.5 Å². The van der Waals surface area contributed by atoms with E-state index < -0.39 is 0 Å². The van der Waals surface area contributed by atoms with Crippen LogP contribution in [0.3, 0.4) is 0 Å². The Morgan fingerprint density at radius 1 is 1.25 bits per heavy atom. The minimum atomic E-state index is 0.254. The van der Waals surface area contributed by atoms with Gasteiger partial charge in [-0.15, -0.1) is 0 Å². The number of carbonyl (C=O) groups is 1. The van der Waals surface area contributed by atoms with Crippen LogP contribution in [0, 0.1) is 0 Å². The van der Waals surface area contributed by atoms with Gasteiger partial charge in [-0.2, -0.15) is 0 Å². The Hall–Kier alpha value is -0.410. The summed E-state index contributed by atoms with van der Waals surface area (Å²) >= 11 is 2.87. The first-order valence-corrected chi connectivity index (χ1v) is 5.61. The van der Waals surface area contributed by atoms with Crippen molar-refractivity contribution < 1.29 is 4.79 Å². The molecule has 1 nitrogen and oxygen atoms in total. The van der Waals surface area contributed by atoms with E-state index >= 15 is 0 Å². The Labute approximate surface area is 79.9 Å². The maximum absolute atomic E-state index is 11.0. The molecule has 0 amide bonds. The zero-order chi connectivity index (χ0) is 8.39. The van der Waals surface area contributed by atoms with Crippen molar-refractivity contribution in [1.29, 1.82) is 0 Å². The average Bonchev–Trinajstić information content (AvgIpc) is 2.54. The predicted molar refractivity (Wildman–Crippen MR) is 54.6 cm³/mol. The molecular weight excluding hydrogens is 188 g/mol. The molecule has 0 N–H and O–H groups in total. The molecule has 1 aromatic rings. The van der Waals surface area contributed by atoms with Crippen LogP contribution in [0.4, 0.5) is 4.79 Å². The summed E-state index contributed by atoms with van der Waals surface area (Å²) < 4.78 is 0.254. The molecule has 0 bridgehead atoms.